The molecule has 2 rings (SSSR count). The van der Waals surface area contributed by atoms with Crippen LogP contribution >= 0.6 is 0 Å². The fourth-order valence-corrected chi connectivity index (χ4v) is 2.88. The Morgan fingerprint density at radius 3 is 2.50 bits per heavy atom. The van der Waals surface area contributed by atoms with Crippen LogP contribution < -0.4 is 10.6 Å². The number of aryl methyl sites for hydroxylation is 1. The number of alkyl carbamates (subject to hydrolysis) is 1. The summed E-state index contributed by atoms with van der Waals surface area (Å²) in [7, 11) is 0. The highest BCUT2D eigenvalue weighted by molar-refractivity contribution is 5.67. The Labute approximate surface area is 133 Å². The summed E-state index contributed by atoms with van der Waals surface area (Å²) in [6.45, 7) is 9.24. The summed E-state index contributed by atoms with van der Waals surface area (Å²) in [5.74, 6) is 0. The molecule has 22 heavy (non-hydrogen) atoms. The van der Waals surface area contributed by atoms with Gasteiger partial charge in [0.2, 0.25) is 0 Å². The molecule has 1 fully saturated rings. The van der Waals surface area contributed by atoms with Crippen LogP contribution in [0, 0.1) is 6.92 Å². The van der Waals surface area contributed by atoms with Crippen molar-refractivity contribution < 1.29 is 9.53 Å². The second-order valence-electron chi connectivity index (χ2n) is 7.19. The molecule has 4 nitrogen and oxygen atoms in total. The first-order valence-corrected chi connectivity index (χ1v) is 8.10. The second kappa shape index (κ2) is 6.69. The number of benzene rings is 1. The van der Waals surface area contributed by atoms with Gasteiger partial charge in [-0.25, -0.2) is 4.79 Å². The van der Waals surface area contributed by atoms with E-state index in [1.807, 2.05) is 20.8 Å². The minimum Gasteiger partial charge on any atom is -0.444 e. The quantitative estimate of drug-likeness (QED) is 0.899. The smallest absolute Gasteiger partial charge is 0.407 e. The lowest BCUT2D eigenvalue weighted by Crippen LogP contribution is -2.53. The maximum Gasteiger partial charge on any atom is 0.407 e. The van der Waals surface area contributed by atoms with Crippen molar-refractivity contribution >= 4 is 6.09 Å². The average molecular weight is 304 g/mol. The third-order valence-electron chi connectivity index (χ3n) is 4.03. The first-order valence-electron chi connectivity index (χ1n) is 8.10. The van der Waals surface area contributed by atoms with Gasteiger partial charge in [-0.2, -0.15) is 0 Å². The number of carbonyl (C=O) groups excluding carboxylic acids is 1. The van der Waals surface area contributed by atoms with Gasteiger partial charge in [0.1, 0.15) is 5.60 Å². The monoisotopic (exact) mass is 304 g/mol. The molecule has 0 radical (unpaired) electrons. The molecule has 1 unspecified atom stereocenters. The Balaban J connectivity index is 2.09. The molecule has 0 saturated carbocycles. The molecule has 1 saturated heterocycles. The third-order valence-corrected chi connectivity index (χ3v) is 4.03. The van der Waals surface area contributed by atoms with Crippen molar-refractivity contribution in [2.75, 3.05) is 13.1 Å². The number of hydrogen-bond acceptors (Lipinski definition) is 3. The SMILES string of the molecule is Cc1ccc(C2(CNC(=O)OC(C)(C)C)CCCCN2)cc1. The largest absolute Gasteiger partial charge is 0.444 e. The first kappa shape index (κ1) is 16.8. The fraction of sp³-hybridized carbons (Fsp3) is 0.611. The normalized spacial score (nSPS) is 22.2. The van der Waals surface area contributed by atoms with E-state index in [1.54, 1.807) is 0 Å². The van der Waals surface area contributed by atoms with Crippen LogP contribution in [-0.4, -0.2) is 24.8 Å². The fourth-order valence-electron chi connectivity index (χ4n) is 2.88. The second-order valence-corrected chi connectivity index (χ2v) is 7.19. The summed E-state index contributed by atoms with van der Waals surface area (Å²) < 4.78 is 5.35. The summed E-state index contributed by atoms with van der Waals surface area (Å²) in [5, 5.41) is 6.56. The molecular formula is C18H28N2O2. The van der Waals surface area contributed by atoms with Crippen LogP contribution in [0.3, 0.4) is 0 Å². The van der Waals surface area contributed by atoms with Gasteiger partial charge in [0.15, 0.2) is 0 Å². The topological polar surface area (TPSA) is 50.4 Å². The van der Waals surface area contributed by atoms with E-state index in [0.717, 1.165) is 19.4 Å². The van der Waals surface area contributed by atoms with E-state index in [0.29, 0.717) is 6.54 Å². The molecule has 1 aromatic carbocycles. The predicted octanol–water partition coefficient (Wildman–Crippen LogP) is 3.49. The standard InChI is InChI=1S/C18H28N2O2/c1-14-7-9-15(10-8-14)18(11-5-6-12-20-18)13-19-16(21)22-17(2,3)4/h7-10,20H,5-6,11-13H2,1-4H3,(H,19,21). The maximum atomic E-state index is 12.0. The van der Waals surface area contributed by atoms with Crippen LogP contribution in [0.2, 0.25) is 0 Å². The van der Waals surface area contributed by atoms with Gasteiger partial charge in [0.05, 0.1) is 5.54 Å². The van der Waals surface area contributed by atoms with Gasteiger partial charge in [0.25, 0.3) is 0 Å². The molecular weight excluding hydrogens is 276 g/mol. The summed E-state index contributed by atoms with van der Waals surface area (Å²) in [6, 6.07) is 8.57. The zero-order valence-corrected chi connectivity index (χ0v) is 14.2. The van der Waals surface area contributed by atoms with Gasteiger partial charge in [-0.1, -0.05) is 29.8 Å². The minimum atomic E-state index is -0.471. The molecule has 1 aromatic rings. The van der Waals surface area contributed by atoms with E-state index in [2.05, 4.69) is 41.8 Å². The van der Waals surface area contributed by atoms with Crippen molar-refractivity contribution in [3.8, 4) is 0 Å². The zero-order valence-electron chi connectivity index (χ0n) is 14.2. The third kappa shape index (κ3) is 4.47. The number of nitrogens with one attached hydrogen (secondary N) is 2. The molecule has 2 N–H and O–H groups in total. The van der Waals surface area contributed by atoms with Crippen molar-refractivity contribution in [3.63, 3.8) is 0 Å². The molecule has 1 atom stereocenters. The number of ether oxygens (including phenoxy) is 1. The molecule has 1 heterocycles. The highest BCUT2D eigenvalue weighted by atomic mass is 16.6. The highest BCUT2D eigenvalue weighted by Crippen LogP contribution is 2.30. The van der Waals surface area contributed by atoms with Crippen LogP contribution in [-0.2, 0) is 10.3 Å². The molecule has 0 aromatic heterocycles. The Bertz CT molecular complexity index is 497. The van der Waals surface area contributed by atoms with Crippen LogP contribution in [0.25, 0.3) is 0 Å². The number of piperidine rings is 1. The minimum absolute atomic E-state index is 0.192. The lowest BCUT2D eigenvalue weighted by atomic mass is 9.82. The predicted molar refractivity (Wildman–Crippen MR) is 88.9 cm³/mol. The van der Waals surface area contributed by atoms with Gasteiger partial charge < -0.3 is 15.4 Å². The van der Waals surface area contributed by atoms with E-state index in [-0.39, 0.29) is 11.6 Å². The van der Waals surface area contributed by atoms with Gasteiger partial charge >= 0.3 is 6.09 Å². The molecule has 1 amide bonds. The van der Waals surface area contributed by atoms with E-state index >= 15 is 0 Å². The molecule has 4 heteroatoms. The summed E-state index contributed by atoms with van der Waals surface area (Å²) in [6.07, 6.45) is 3.01. The summed E-state index contributed by atoms with van der Waals surface area (Å²) in [5.41, 5.74) is 1.81. The number of rotatable bonds is 3. The van der Waals surface area contributed by atoms with Crippen molar-refractivity contribution in [1.29, 1.82) is 0 Å². The van der Waals surface area contributed by atoms with Crippen molar-refractivity contribution in [2.24, 2.45) is 0 Å². The average Bonchev–Trinajstić information content (AvgIpc) is 2.45. The Morgan fingerprint density at radius 1 is 1.27 bits per heavy atom. The van der Waals surface area contributed by atoms with Gasteiger partial charge in [-0.15, -0.1) is 0 Å². The molecule has 122 valence electrons. The zero-order chi connectivity index (χ0) is 16.2. The van der Waals surface area contributed by atoms with E-state index in [4.69, 9.17) is 4.74 Å². The molecule has 1 aliphatic rings. The van der Waals surface area contributed by atoms with Crippen molar-refractivity contribution in [1.82, 2.24) is 10.6 Å². The van der Waals surface area contributed by atoms with Crippen LogP contribution in [0.15, 0.2) is 24.3 Å². The van der Waals surface area contributed by atoms with Gasteiger partial charge in [-0.3, -0.25) is 0 Å². The van der Waals surface area contributed by atoms with Crippen molar-refractivity contribution in [3.05, 3.63) is 35.4 Å². The van der Waals surface area contributed by atoms with Crippen LogP contribution in [0.5, 0.6) is 0 Å². The van der Waals surface area contributed by atoms with Crippen LogP contribution in [0.4, 0.5) is 4.79 Å². The number of carbonyl (C=O) groups is 1. The van der Waals surface area contributed by atoms with E-state index < -0.39 is 5.60 Å². The number of amides is 1. The number of hydrogen-bond donors (Lipinski definition) is 2. The van der Waals surface area contributed by atoms with Crippen LogP contribution in [0.1, 0.15) is 51.2 Å². The lowest BCUT2D eigenvalue weighted by molar-refractivity contribution is 0.0502. The van der Waals surface area contributed by atoms with Gasteiger partial charge in [-0.05, 0) is 59.1 Å². The lowest BCUT2D eigenvalue weighted by Gasteiger charge is -2.39. The van der Waals surface area contributed by atoms with E-state index in [9.17, 15) is 4.79 Å². The molecule has 0 bridgehead atoms. The van der Waals surface area contributed by atoms with E-state index in [1.165, 1.54) is 17.5 Å². The highest BCUT2D eigenvalue weighted by Gasteiger charge is 2.34. The van der Waals surface area contributed by atoms with Crippen molar-refractivity contribution in [2.45, 2.75) is 58.1 Å². The molecule has 1 aliphatic heterocycles. The molecule has 0 aliphatic carbocycles. The first-order chi connectivity index (χ1) is 10.3. The van der Waals surface area contributed by atoms with Gasteiger partial charge in [0, 0.05) is 6.54 Å². The molecule has 0 spiro atoms. The summed E-state index contributed by atoms with van der Waals surface area (Å²) in [4.78, 5) is 12.0. The Kier molecular flexibility index (Phi) is 5.12. The Morgan fingerprint density at radius 2 is 1.95 bits per heavy atom. The Hall–Kier alpha value is -1.55. The maximum absolute atomic E-state index is 12.0. The summed E-state index contributed by atoms with van der Waals surface area (Å²) >= 11 is 0.